The lowest BCUT2D eigenvalue weighted by molar-refractivity contribution is 0.243. The maximum absolute atomic E-state index is 5.89. The Balaban J connectivity index is 1.76. The van der Waals surface area contributed by atoms with Crippen molar-refractivity contribution in [2.45, 2.75) is 31.2 Å². The Bertz CT molecular complexity index is 487. The highest BCUT2D eigenvalue weighted by Gasteiger charge is 2.53. The zero-order valence-corrected chi connectivity index (χ0v) is 10.5. The van der Waals surface area contributed by atoms with Gasteiger partial charge in [0.05, 0.1) is 12.1 Å². The number of benzene rings is 1. The van der Waals surface area contributed by atoms with Crippen LogP contribution in [0.25, 0.3) is 0 Å². The molecule has 3 aliphatic rings. The molecule has 1 aromatic carbocycles. The molecule has 1 fully saturated rings. The summed E-state index contributed by atoms with van der Waals surface area (Å²) in [5.41, 5.74) is 9.12. The molecule has 0 saturated heterocycles. The van der Waals surface area contributed by atoms with E-state index in [1.807, 2.05) is 0 Å². The van der Waals surface area contributed by atoms with Crippen molar-refractivity contribution in [3.63, 3.8) is 0 Å². The van der Waals surface area contributed by atoms with Gasteiger partial charge in [-0.2, -0.15) is 0 Å². The first-order chi connectivity index (χ1) is 8.78. The van der Waals surface area contributed by atoms with Crippen LogP contribution in [-0.4, -0.2) is 18.0 Å². The predicted octanol–water partition coefficient (Wildman–Crippen LogP) is 1.47. The lowest BCUT2D eigenvalue weighted by atomic mass is 9.79. The van der Waals surface area contributed by atoms with Crippen LogP contribution in [0.4, 0.5) is 0 Å². The van der Waals surface area contributed by atoms with E-state index in [1.54, 1.807) is 0 Å². The summed E-state index contributed by atoms with van der Waals surface area (Å²) in [6.07, 6.45) is 4.99. The maximum Gasteiger partial charge on any atom is 0.189 e. The Labute approximate surface area is 107 Å². The Morgan fingerprint density at radius 2 is 1.72 bits per heavy atom. The second-order valence-corrected chi connectivity index (χ2v) is 6.01. The van der Waals surface area contributed by atoms with Gasteiger partial charge in [0.15, 0.2) is 5.96 Å². The quantitative estimate of drug-likeness (QED) is 0.722. The van der Waals surface area contributed by atoms with Crippen molar-refractivity contribution in [3.05, 3.63) is 35.4 Å². The fourth-order valence-corrected chi connectivity index (χ4v) is 4.30. The van der Waals surface area contributed by atoms with Crippen molar-refractivity contribution in [1.29, 1.82) is 0 Å². The summed E-state index contributed by atoms with van der Waals surface area (Å²) in [6.45, 7) is 0.877. The number of nitrogens with zero attached hydrogens (tertiary/aromatic N) is 1. The molecular weight excluding hydrogens is 222 g/mol. The first-order valence-corrected chi connectivity index (χ1v) is 6.93. The van der Waals surface area contributed by atoms with Gasteiger partial charge in [-0.3, -0.25) is 4.99 Å². The van der Waals surface area contributed by atoms with Crippen LogP contribution in [0.3, 0.4) is 0 Å². The minimum Gasteiger partial charge on any atom is -0.370 e. The molecule has 2 atom stereocenters. The summed E-state index contributed by atoms with van der Waals surface area (Å²) in [6, 6.07) is 8.92. The van der Waals surface area contributed by atoms with E-state index in [1.165, 1.54) is 36.8 Å². The second kappa shape index (κ2) is 3.50. The Morgan fingerprint density at radius 3 is 2.22 bits per heavy atom. The SMILES string of the molecule is NC1=NCC2(N1)C1CCC2Cc2ccccc2C1. The molecule has 4 rings (SSSR count). The van der Waals surface area contributed by atoms with Crippen LogP contribution in [0.15, 0.2) is 29.3 Å². The Hall–Kier alpha value is -1.51. The van der Waals surface area contributed by atoms with Crippen LogP contribution in [0.2, 0.25) is 0 Å². The van der Waals surface area contributed by atoms with Gasteiger partial charge in [-0.25, -0.2) is 0 Å². The van der Waals surface area contributed by atoms with Crippen LogP contribution in [0, 0.1) is 11.8 Å². The molecule has 2 unspecified atom stereocenters. The van der Waals surface area contributed by atoms with Gasteiger partial charge in [-0.05, 0) is 48.6 Å². The topological polar surface area (TPSA) is 50.4 Å². The number of guanidine groups is 1. The molecule has 1 saturated carbocycles. The lowest BCUT2D eigenvalue weighted by Gasteiger charge is -2.35. The molecule has 1 spiro atoms. The summed E-state index contributed by atoms with van der Waals surface area (Å²) >= 11 is 0. The van der Waals surface area contributed by atoms with Gasteiger partial charge >= 0.3 is 0 Å². The normalized spacial score (nSPS) is 37.0. The van der Waals surface area contributed by atoms with Gasteiger partial charge in [-0.1, -0.05) is 24.3 Å². The average molecular weight is 241 g/mol. The van der Waals surface area contributed by atoms with Crippen molar-refractivity contribution >= 4 is 5.96 Å². The lowest BCUT2D eigenvalue weighted by Crippen LogP contribution is -2.55. The summed E-state index contributed by atoms with van der Waals surface area (Å²) in [5, 5.41) is 3.53. The second-order valence-electron chi connectivity index (χ2n) is 6.01. The fraction of sp³-hybridized carbons (Fsp3) is 0.533. The number of fused-ring (bicyclic) bond motifs is 1. The van der Waals surface area contributed by atoms with Crippen molar-refractivity contribution < 1.29 is 0 Å². The molecule has 1 heterocycles. The van der Waals surface area contributed by atoms with Gasteiger partial charge in [0.1, 0.15) is 0 Å². The third kappa shape index (κ3) is 1.27. The highest BCUT2D eigenvalue weighted by Crippen LogP contribution is 2.48. The van der Waals surface area contributed by atoms with E-state index in [4.69, 9.17) is 5.73 Å². The van der Waals surface area contributed by atoms with E-state index >= 15 is 0 Å². The van der Waals surface area contributed by atoms with E-state index in [2.05, 4.69) is 34.6 Å². The number of aliphatic imine (C=N–C) groups is 1. The maximum atomic E-state index is 5.89. The molecule has 0 aromatic heterocycles. The van der Waals surface area contributed by atoms with Crippen molar-refractivity contribution in [1.82, 2.24) is 5.32 Å². The molecule has 94 valence electrons. The number of hydrogen-bond donors (Lipinski definition) is 2. The molecular formula is C15H19N3. The Kier molecular flexibility index (Phi) is 2.02. The van der Waals surface area contributed by atoms with Crippen LogP contribution in [-0.2, 0) is 12.8 Å². The number of rotatable bonds is 0. The first-order valence-electron chi connectivity index (χ1n) is 6.93. The minimum absolute atomic E-state index is 0.156. The van der Waals surface area contributed by atoms with E-state index < -0.39 is 0 Å². The van der Waals surface area contributed by atoms with E-state index in [0.717, 1.165) is 6.54 Å². The molecule has 3 nitrogen and oxygen atoms in total. The summed E-state index contributed by atoms with van der Waals surface area (Å²) < 4.78 is 0. The molecule has 2 aliphatic carbocycles. The summed E-state index contributed by atoms with van der Waals surface area (Å²) in [4.78, 5) is 4.44. The van der Waals surface area contributed by atoms with E-state index in [9.17, 15) is 0 Å². The van der Waals surface area contributed by atoms with Crippen molar-refractivity contribution in [2.24, 2.45) is 22.6 Å². The third-order valence-corrected chi connectivity index (χ3v) is 5.24. The van der Waals surface area contributed by atoms with Gasteiger partial charge in [0, 0.05) is 0 Å². The van der Waals surface area contributed by atoms with Crippen molar-refractivity contribution in [2.75, 3.05) is 6.54 Å². The standard InChI is InChI=1S/C15H19N3/c16-14-17-9-15(18-14)12-5-6-13(15)8-11-4-2-1-3-10(11)7-12/h1-4,12-13H,5-9H2,(H3,16,17,18). The molecule has 18 heavy (non-hydrogen) atoms. The molecule has 2 bridgehead atoms. The third-order valence-electron chi connectivity index (χ3n) is 5.24. The number of nitrogens with one attached hydrogen (secondary N) is 1. The minimum atomic E-state index is 0.156. The van der Waals surface area contributed by atoms with E-state index in [-0.39, 0.29) is 5.54 Å². The van der Waals surface area contributed by atoms with Crippen LogP contribution in [0.5, 0.6) is 0 Å². The zero-order chi connectivity index (χ0) is 12.2. The van der Waals surface area contributed by atoms with Gasteiger partial charge in [0.2, 0.25) is 0 Å². The fourth-order valence-electron chi connectivity index (χ4n) is 4.30. The van der Waals surface area contributed by atoms with Crippen LogP contribution in [0.1, 0.15) is 24.0 Å². The highest BCUT2D eigenvalue weighted by atomic mass is 15.2. The summed E-state index contributed by atoms with van der Waals surface area (Å²) in [7, 11) is 0. The first kappa shape index (κ1) is 10.4. The molecule has 3 heteroatoms. The average Bonchev–Trinajstić information content (AvgIpc) is 2.83. The molecule has 1 aromatic rings. The predicted molar refractivity (Wildman–Crippen MR) is 72.4 cm³/mol. The molecule has 1 aliphatic heterocycles. The molecule has 0 amide bonds. The largest absolute Gasteiger partial charge is 0.370 e. The van der Waals surface area contributed by atoms with Crippen molar-refractivity contribution in [3.8, 4) is 0 Å². The van der Waals surface area contributed by atoms with Gasteiger partial charge < -0.3 is 11.1 Å². The van der Waals surface area contributed by atoms with Crippen LogP contribution >= 0.6 is 0 Å². The number of hydrogen-bond acceptors (Lipinski definition) is 3. The smallest absolute Gasteiger partial charge is 0.189 e. The van der Waals surface area contributed by atoms with Crippen LogP contribution < -0.4 is 11.1 Å². The molecule has 0 radical (unpaired) electrons. The van der Waals surface area contributed by atoms with E-state index in [0.29, 0.717) is 17.8 Å². The number of nitrogens with two attached hydrogens (primary N) is 1. The zero-order valence-electron chi connectivity index (χ0n) is 10.5. The Morgan fingerprint density at radius 1 is 1.11 bits per heavy atom. The monoisotopic (exact) mass is 241 g/mol. The van der Waals surface area contributed by atoms with Gasteiger partial charge in [0.25, 0.3) is 0 Å². The molecule has 3 N–H and O–H groups in total. The summed E-state index contributed by atoms with van der Waals surface area (Å²) in [5.74, 6) is 2.03. The van der Waals surface area contributed by atoms with Gasteiger partial charge in [-0.15, -0.1) is 0 Å². The highest BCUT2D eigenvalue weighted by molar-refractivity contribution is 5.81.